The van der Waals surface area contributed by atoms with Crippen LogP contribution in [0.4, 0.5) is 10.1 Å². The third-order valence-electron chi connectivity index (χ3n) is 3.46. The first-order valence-electron chi connectivity index (χ1n) is 6.54. The molecule has 6 heteroatoms. The molecule has 0 aliphatic carbocycles. The van der Waals surface area contributed by atoms with E-state index in [2.05, 4.69) is 10.6 Å². The van der Waals surface area contributed by atoms with Crippen LogP contribution in [0.1, 0.15) is 30.1 Å². The van der Waals surface area contributed by atoms with E-state index < -0.39 is 17.3 Å². The van der Waals surface area contributed by atoms with Gasteiger partial charge in [-0.25, -0.2) is 9.18 Å². The summed E-state index contributed by atoms with van der Waals surface area (Å²) in [4.78, 5) is 22.8. The van der Waals surface area contributed by atoms with Gasteiger partial charge in [0.05, 0.1) is 5.56 Å². The number of carboxylic acids is 1. The second-order valence-corrected chi connectivity index (χ2v) is 5.07. The second kappa shape index (κ2) is 6.00. The summed E-state index contributed by atoms with van der Waals surface area (Å²) >= 11 is 0. The highest BCUT2D eigenvalue weighted by Gasteiger charge is 2.24. The Bertz CT molecular complexity index is 533. The van der Waals surface area contributed by atoms with Gasteiger partial charge in [-0.2, -0.15) is 0 Å². The minimum Gasteiger partial charge on any atom is -0.478 e. The van der Waals surface area contributed by atoms with Gasteiger partial charge < -0.3 is 15.7 Å². The SMILES string of the molecule is CC1CC(C(=O)Nc2ccc(C(=O)O)c(F)c2)CCN1. The number of nitrogens with one attached hydrogen (secondary N) is 2. The number of hydrogen-bond donors (Lipinski definition) is 3. The third-order valence-corrected chi connectivity index (χ3v) is 3.46. The number of carboxylic acid groups (broad SMARTS) is 1. The molecule has 1 saturated heterocycles. The summed E-state index contributed by atoms with van der Waals surface area (Å²) in [6.07, 6.45) is 1.48. The van der Waals surface area contributed by atoms with E-state index in [1.54, 1.807) is 0 Å². The van der Waals surface area contributed by atoms with Crippen molar-refractivity contribution in [3.63, 3.8) is 0 Å². The van der Waals surface area contributed by atoms with Crippen molar-refractivity contribution in [3.8, 4) is 0 Å². The first-order chi connectivity index (χ1) is 9.47. The van der Waals surface area contributed by atoms with Crippen molar-refractivity contribution >= 4 is 17.6 Å². The molecule has 1 fully saturated rings. The third kappa shape index (κ3) is 3.33. The van der Waals surface area contributed by atoms with Gasteiger partial charge in [-0.15, -0.1) is 0 Å². The van der Waals surface area contributed by atoms with Crippen LogP contribution in [0, 0.1) is 11.7 Å². The molecule has 0 spiro atoms. The highest BCUT2D eigenvalue weighted by molar-refractivity contribution is 5.94. The van der Waals surface area contributed by atoms with E-state index in [1.807, 2.05) is 6.92 Å². The number of rotatable bonds is 3. The maximum absolute atomic E-state index is 13.5. The number of anilines is 1. The van der Waals surface area contributed by atoms with Gasteiger partial charge in [0.15, 0.2) is 0 Å². The molecule has 2 rings (SSSR count). The minimum absolute atomic E-state index is 0.103. The zero-order valence-electron chi connectivity index (χ0n) is 11.1. The Hall–Kier alpha value is -1.95. The Kier molecular flexibility index (Phi) is 4.34. The Morgan fingerprint density at radius 3 is 2.80 bits per heavy atom. The van der Waals surface area contributed by atoms with E-state index in [0.29, 0.717) is 0 Å². The summed E-state index contributed by atoms with van der Waals surface area (Å²) < 4.78 is 13.5. The van der Waals surface area contributed by atoms with E-state index in [9.17, 15) is 14.0 Å². The first-order valence-corrected chi connectivity index (χ1v) is 6.54. The monoisotopic (exact) mass is 280 g/mol. The van der Waals surface area contributed by atoms with Crippen LogP contribution < -0.4 is 10.6 Å². The molecule has 1 amide bonds. The predicted molar refractivity (Wildman–Crippen MR) is 72.2 cm³/mol. The van der Waals surface area contributed by atoms with Gasteiger partial charge in [0.25, 0.3) is 0 Å². The number of aromatic carboxylic acids is 1. The molecule has 1 heterocycles. The minimum atomic E-state index is -1.33. The largest absolute Gasteiger partial charge is 0.478 e. The molecule has 0 bridgehead atoms. The highest BCUT2D eigenvalue weighted by Crippen LogP contribution is 2.20. The molecular weight excluding hydrogens is 263 g/mol. The van der Waals surface area contributed by atoms with Crippen LogP contribution in [0.5, 0.6) is 0 Å². The zero-order chi connectivity index (χ0) is 14.7. The van der Waals surface area contributed by atoms with Crippen molar-refractivity contribution in [2.75, 3.05) is 11.9 Å². The maximum Gasteiger partial charge on any atom is 0.338 e. The van der Waals surface area contributed by atoms with E-state index in [4.69, 9.17) is 5.11 Å². The molecule has 3 N–H and O–H groups in total. The topological polar surface area (TPSA) is 78.4 Å². The van der Waals surface area contributed by atoms with Gasteiger partial charge in [-0.05, 0) is 44.5 Å². The van der Waals surface area contributed by atoms with E-state index >= 15 is 0 Å². The first kappa shape index (κ1) is 14.5. The lowest BCUT2D eigenvalue weighted by molar-refractivity contribution is -0.120. The van der Waals surface area contributed by atoms with E-state index in [-0.39, 0.29) is 23.6 Å². The highest BCUT2D eigenvalue weighted by atomic mass is 19.1. The Balaban J connectivity index is 2.04. The number of amides is 1. The van der Waals surface area contributed by atoms with Crippen molar-refractivity contribution in [2.45, 2.75) is 25.8 Å². The molecule has 20 heavy (non-hydrogen) atoms. The summed E-state index contributed by atoms with van der Waals surface area (Å²) in [5.74, 6) is -2.43. The standard InChI is InChI=1S/C14H17FN2O3/c1-8-6-9(4-5-16-8)13(18)17-10-2-3-11(14(19)20)12(15)7-10/h2-3,7-9,16H,4-6H2,1H3,(H,17,18)(H,19,20). The van der Waals surface area contributed by atoms with Gasteiger partial charge in [-0.1, -0.05) is 0 Å². The normalized spacial score (nSPS) is 22.3. The lowest BCUT2D eigenvalue weighted by Gasteiger charge is -2.27. The second-order valence-electron chi connectivity index (χ2n) is 5.07. The smallest absolute Gasteiger partial charge is 0.338 e. The molecule has 108 valence electrons. The molecule has 2 atom stereocenters. The molecule has 0 saturated carbocycles. The number of carbonyl (C=O) groups excluding carboxylic acids is 1. The van der Waals surface area contributed by atoms with E-state index in [0.717, 1.165) is 31.5 Å². The van der Waals surface area contributed by atoms with Crippen LogP contribution in [-0.2, 0) is 4.79 Å². The van der Waals surface area contributed by atoms with Crippen molar-refractivity contribution in [1.82, 2.24) is 5.32 Å². The Labute approximate surface area is 116 Å². The fraction of sp³-hybridized carbons (Fsp3) is 0.429. The Morgan fingerprint density at radius 2 is 2.20 bits per heavy atom. The molecular formula is C14H17FN2O3. The summed E-state index contributed by atoms with van der Waals surface area (Å²) in [6, 6.07) is 3.87. The average Bonchev–Trinajstić information content (AvgIpc) is 2.38. The zero-order valence-corrected chi connectivity index (χ0v) is 11.1. The molecule has 0 aromatic heterocycles. The lowest BCUT2D eigenvalue weighted by atomic mass is 9.92. The average molecular weight is 280 g/mol. The molecule has 1 aliphatic rings. The molecule has 0 radical (unpaired) electrons. The molecule has 1 aliphatic heterocycles. The Morgan fingerprint density at radius 1 is 1.45 bits per heavy atom. The van der Waals surface area contributed by atoms with Gasteiger partial charge in [0.1, 0.15) is 5.82 Å². The van der Waals surface area contributed by atoms with Crippen molar-refractivity contribution in [2.24, 2.45) is 5.92 Å². The van der Waals surface area contributed by atoms with Crippen molar-refractivity contribution in [1.29, 1.82) is 0 Å². The van der Waals surface area contributed by atoms with Crippen LogP contribution in [0.15, 0.2) is 18.2 Å². The van der Waals surface area contributed by atoms with Crippen LogP contribution in [0.25, 0.3) is 0 Å². The fourth-order valence-corrected chi connectivity index (χ4v) is 2.38. The predicted octanol–water partition coefficient (Wildman–Crippen LogP) is 1.85. The number of benzene rings is 1. The van der Waals surface area contributed by atoms with Gasteiger partial charge in [0, 0.05) is 17.6 Å². The molecule has 5 nitrogen and oxygen atoms in total. The van der Waals surface area contributed by atoms with Gasteiger partial charge in [-0.3, -0.25) is 4.79 Å². The van der Waals surface area contributed by atoms with E-state index in [1.165, 1.54) is 6.07 Å². The number of halogens is 1. The van der Waals surface area contributed by atoms with Gasteiger partial charge >= 0.3 is 5.97 Å². The quantitative estimate of drug-likeness (QED) is 0.789. The van der Waals surface area contributed by atoms with Gasteiger partial charge in [0.2, 0.25) is 5.91 Å². The van der Waals surface area contributed by atoms with Crippen LogP contribution in [0.3, 0.4) is 0 Å². The number of carbonyl (C=O) groups is 2. The van der Waals surface area contributed by atoms with Crippen molar-refractivity contribution in [3.05, 3.63) is 29.6 Å². The summed E-state index contributed by atoms with van der Waals surface area (Å²) in [5.41, 5.74) is -0.123. The lowest BCUT2D eigenvalue weighted by Crippen LogP contribution is -2.40. The van der Waals surface area contributed by atoms with Crippen LogP contribution in [0.2, 0.25) is 0 Å². The maximum atomic E-state index is 13.5. The molecule has 1 aromatic carbocycles. The van der Waals surface area contributed by atoms with Crippen LogP contribution >= 0.6 is 0 Å². The van der Waals surface area contributed by atoms with Crippen LogP contribution in [-0.4, -0.2) is 29.6 Å². The fourth-order valence-electron chi connectivity index (χ4n) is 2.38. The number of piperidine rings is 1. The molecule has 2 unspecified atom stereocenters. The summed E-state index contributed by atoms with van der Waals surface area (Å²) in [5, 5.41) is 14.6. The summed E-state index contributed by atoms with van der Waals surface area (Å²) in [7, 11) is 0. The number of hydrogen-bond acceptors (Lipinski definition) is 3. The summed E-state index contributed by atoms with van der Waals surface area (Å²) in [6.45, 7) is 2.80. The van der Waals surface area contributed by atoms with Crippen molar-refractivity contribution < 1.29 is 19.1 Å². The molecule has 1 aromatic rings.